The molecule has 0 aliphatic rings. The van der Waals surface area contributed by atoms with Crippen LogP contribution in [0.15, 0.2) is 18.2 Å². The Labute approximate surface area is 104 Å². The Morgan fingerprint density at radius 1 is 1.53 bits per heavy atom. The van der Waals surface area contributed by atoms with Crippen molar-refractivity contribution in [3.63, 3.8) is 0 Å². The minimum Gasteiger partial charge on any atom is -0.507 e. The molecule has 0 spiro atoms. The number of amides is 1. The molecule has 0 radical (unpaired) electrons. The van der Waals surface area contributed by atoms with Crippen molar-refractivity contribution in [2.75, 3.05) is 12.0 Å². The molecule has 0 bridgehead atoms. The number of hydrogen-bond donors (Lipinski definition) is 2. The summed E-state index contributed by atoms with van der Waals surface area (Å²) in [5, 5.41) is 12.4. The lowest BCUT2D eigenvalue weighted by Gasteiger charge is -2.13. The normalized spacial score (nSPS) is 14.1. The summed E-state index contributed by atoms with van der Waals surface area (Å²) in [7, 11) is -0.955. The van der Waals surface area contributed by atoms with Crippen molar-refractivity contribution in [1.82, 2.24) is 5.32 Å². The fraction of sp³-hybridized carbons (Fsp3) is 0.417. The van der Waals surface area contributed by atoms with Gasteiger partial charge in [-0.3, -0.25) is 9.00 Å². The third kappa shape index (κ3) is 3.85. The minimum atomic E-state index is -0.955. The molecule has 1 aromatic carbocycles. The molecule has 0 aliphatic carbocycles. The fourth-order valence-corrected chi connectivity index (χ4v) is 2.32. The lowest BCUT2D eigenvalue weighted by atomic mass is 10.1. The Balaban J connectivity index is 2.77. The van der Waals surface area contributed by atoms with Gasteiger partial charge in [0.05, 0.1) is 5.56 Å². The van der Waals surface area contributed by atoms with Crippen LogP contribution in [0, 0.1) is 6.92 Å². The molecule has 0 aliphatic heterocycles. The first kappa shape index (κ1) is 13.7. The molecule has 0 fully saturated rings. The highest BCUT2D eigenvalue weighted by atomic mass is 32.2. The van der Waals surface area contributed by atoms with Gasteiger partial charge in [0, 0.05) is 28.9 Å². The van der Waals surface area contributed by atoms with Crippen LogP contribution >= 0.6 is 0 Å². The number of benzene rings is 1. The van der Waals surface area contributed by atoms with Crippen LogP contribution in [-0.4, -0.2) is 33.3 Å². The summed E-state index contributed by atoms with van der Waals surface area (Å²) in [6.07, 6.45) is 1.59. The van der Waals surface area contributed by atoms with E-state index in [9.17, 15) is 14.1 Å². The third-order valence-corrected chi connectivity index (χ3v) is 3.31. The predicted molar refractivity (Wildman–Crippen MR) is 68.7 cm³/mol. The summed E-state index contributed by atoms with van der Waals surface area (Å²) in [5.74, 6) is 0.0529. The van der Waals surface area contributed by atoms with E-state index >= 15 is 0 Å². The molecule has 17 heavy (non-hydrogen) atoms. The standard InChI is InChI=1S/C12H17NO3S/c1-8-5-4-6-10(11(8)14)12(15)13-9(2)7-17(3)16/h4-6,9,14H,7H2,1-3H3,(H,13,15). The Bertz CT molecular complexity index is 445. The van der Waals surface area contributed by atoms with Crippen LogP contribution in [0.1, 0.15) is 22.8 Å². The SMILES string of the molecule is Cc1cccc(C(=O)NC(C)CS(C)=O)c1O. The van der Waals surface area contributed by atoms with Gasteiger partial charge in [0.25, 0.3) is 5.91 Å². The van der Waals surface area contributed by atoms with Crippen LogP contribution in [-0.2, 0) is 10.8 Å². The summed E-state index contributed by atoms with van der Waals surface area (Å²) in [6, 6.07) is 4.82. The van der Waals surface area contributed by atoms with Gasteiger partial charge in [-0.05, 0) is 25.5 Å². The highest BCUT2D eigenvalue weighted by Gasteiger charge is 2.15. The van der Waals surface area contributed by atoms with Gasteiger partial charge in [0.1, 0.15) is 5.75 Å². The molecule has 94 valence electrons. The minimum absolute atomic E-state index is 0.00480. The van der Waals surface area contributed by atoms with Crippen molar-refractivity contribution in [1.29, 1.82) is 0 Å². The van der Waals surface area contributed by atoms with Gasteiger partial charge in [0.2, 0.25) is 0 Å². The molecule has 4 nitrogen and oxygen atoms in total. The molecular weight excluding hydrogens is 238 g/mol. The topological polar surface area (TPSA) is 66.4 Å². The maximum absolute atomic E-state index is 11.8. The Hall–Kier alpha value is -1.36. The molecule has 1 rings (SSSR count). The molecule has 0 aromatic heterocycles. The van der Waals surface area contributed by atoms with E-state index in [1.54, 1.807) is 38.3 Å². The summed E-state index contributed by atoms with van der Waals surface area (Å²) >= 11 is 0. The number of phenols is 1. The third-order valence-electron chi connectivity index (χ3n) is 2.34. The highest BCUT2D eigenvalue weighted by molar-refractivity contribution is 7.84. The number of hydrogen-bond acceptors (Lipinski definition) is 3. The maximum atomic E-state index is 11.8. The molecule has 1 amide bonds. The smallest absolute Gasteiger partial charge is 0.255 e. The van der Waals surface area contributed by atoms with E-state index in [1.807, 2.05) is 0 Å². The number of phenolic OH excluding ortho intramolecular Hbond substituents is 1. The largest absolute Gasteiger partial charge is 0.507 e. The van der Waals surface area contributed by atoms with Gasteiger partial charge in [-0.25, -0.2) is 0 Å². The number of para-hydroxylation sites is 1. The number of carbonyl (C=O) groups excluding carboxylic acids is 1. The van der Waals surface area contributed by atoms with Gasteiger partial charge in [-0.1, -0.05) is 12.1 Å². The van der Waals surface area contributed by atoms with Crippen molar-refractivity contribution in [2.24, 2.45) is 0 Å². The fourth-order valence-electron chi connectivity index (χ4n) is 1.54. The lowest BCUT2D eigenvalue weighted by Crippen LogP contribution is -2.36. The molecule has 0 saturated carbocycles. The van der Waals surface area contributed by atoms with E-state index in [-0.39, 0.29) is 23.3 Å². The summed E-state index contributed by atoms with van der Waals surface area (Å²) in [6.45, 7) is 3.52. The number of aryl methyl sites for hydroxylation is 1. The average molecular weight is 255 g/mol. The Morgan fingerprint density at radius 3 is 2.76 bits per heavy atom. The average Bonchev–Trinajstić information content (AvgIpc) is 2.20. The van der Waals surface area contributed by atoms with E-state index in [2.05, 4.69) is 5.32 Å². The zero-order valence-corrected chi connectivity index (χ0v) is 11.0. The Kier molecular flexibility index (Phi) is 4.69. The monoisotopic (exact) mass is 255 g/mol. The number of aromatic hydroxyl groups is 1. The van der Waals surface area contributed by atoms with Crippen molar-refractivity contribution in [3.8, 4) is 5.75 Å². The summed E-state index contributed by atoms with van der Waals surface area (Å²) in [5.41, 5.74) is 0.906. The zero-order valence-electron chi connectivity index (χ0n) is 10.2. The first-order valence-corrected chi connectivity index (χ1v) is 7.04. The molecule has 1 aromatic rings. The van der Waals surface area contributed by atoms with Crippen LogP contribution in [0.2, 0.25) is 0 Å². The van der Waals surface area contributed by atoms with Gasteiger partial charge in [-0.15, -0.1) is 0 Å². The number of rotatable bonds is 4. The van der Waals surface area contributed by atoms with Crippen molar-refractivity contribution in [2.45, 2.75) is 19.9 Å². The van der Waals surface area contributed by atoms with Gasteiger partial charge in [0.15, 0.2) is 0 Å². The Morgan fingerprint density at radius 2 is 2.18 bits per heavy atom. The molecular formula is C12H17NO3S. The number of carbonyl (C=O) groups is 1. The first-order valence-electron chi connectivity index (χ1n) is 5.31. The van der Waals surface area contributed by atoms with E-state index in [4.69, 9.17) is 0 Å². The summed E-state index contributed by atoms with van der Waals surface area (Å²) in [4.78, 5) is 11.8. The van der Waals surface area contributed by atoms with E-state index < -0.39 is 10.8 Å². The second kappa shape index (κ2) is 5.82. The van der Waals surface area contributed by atoms with Gasteiger partial charge < -0.3 is 10.4 Å². The van der Waals surface area contributed by atoms with Crippen LogP contribution in [0.25, 0.3) is 0 Å². The molecule has 2 N–H and O–H groups in total. The van der Waals surface area contributed by atoms with E-state index in [0.29, 0.717) is 11.3 Å². The predicted octanol–water partition coefficient (Wildman–Crippen LogP) is 1.20. The molecule has 2 unspecified atom stereocenters. The van der Waals surface area contributed by atoms with Crippen LogP contribution in [0.4, 0.5) is 0 Å². The lowest BCUT2D eigenvalue weighted by molar-refractivity contribution is 0.0941. The van der Waals surface area contributed by atoms with Crippen LogP contribution < -0.4 is 5.32 Å². The molecule has 0 saturated heterocycles. The van der Waals surface area contributed by atoms with Crippen LogP contribution in [0.3, 0.4) is 0 Å². The molecule has 2 atom stereocenters. The van der Waals surface area contributed by atoms with E-state index in [0.717, 1.165) is 0 Å². The summed E-state index contributed by atoms with van der Waals surface area (Å²) < 4.78 is 11.0. The van der Waals surface area contributed by atoms with Crippen molar-refractivity contribution >= 4 is 16.7 Å². The van der Waals surface area contributed by atoms with E-state index in [1.165, 1.54) is 0 Å². The molecule has 0 heterocycles. The van der Waals surface area contributed by atoms with Crippen molar-refractivity contribution < 1.29 is 14.1 Å². The molecule has 5 heteroatoms. The number of nitrogens with one attached hydrogen (secondary N) is 1. The van der Waals surface area contributed by atoms with Gasteiger partial charge in [-0.2, -0.15) is 0 Å². The zero-order chi connectivity index (χ0) is 13.0. The second-order valence-corrected chi connectivity index (χ2v) is 5.57. The maximum Gasteiger partial charge on any atom is 0.255 e. The quantitative estimate of drug-likeness (QED) is 0.849. The first-order chi connectivity index (χ1) is 7.91. The second-order valence-electron chi connectivity index (χ2n) is 4.09. The van der Waals surface area contributed by atoms with Crippen molar-refractivity contribution in [3.05, 3.63) is 29.3 Å². The highest BCUT2D eigenvalue weighted by Crippen LogP contribution is 2.21. The van der Waals surface area contributed by atoms with Crippen LogP contribution in [0.5, 0.6) is 5.75 Å². The van der Waals surface area contributed by atoms with Gasteiger partial charge >= 0.3 is 0 Å².